The molecule has 5 nitrogen and oxygen atoms in total. The zero-order chi connectivity index (χ0) is 15.2. The molecule has 0 amide bonds. The molecule has 5 heteroatoms. The molecule has 2 aromatic rings. The molecule has 0 atom stereocenters. The lowest BCUT2D eigenvalue weighted by atomic mass is 10.1. The number of benzene rings is 2. The minimum absolute atomic E-state index is 0.0796. The summed E-state index contributed by atoms with van der Waals surface area (Å²) < 4.78 is 10.6. The molecule has 0 aliphatic heterocycles. The molecular formula is C16H17NO4. The van der Waals surface area contributed by atoms with Gasteiger partial charge in [0.05, 0.1) is 19.2 Å². The summed E-state index contributed by atoms with van der Waals surface area (Å²) in [7, 11) is 1.38. The molecule has 0 unspecified atom stereocenters. The van der Waals surface area contributed by atoms with Crippen molar-refractivity contribution in [3.05, 3.63) is 53.6 Å². The van der Waals surface area contributed by atoms with Crippen LogP contribution in [0.2, 0.25) is 0 Å². The SMILES string of the molecule is COc1c(C(=O)CN)ccc(OCc2ccccc2)c1O. The smallest absolute Gasteiger partial charge is 0.201 e. The second kappa shape index (κ2) is 6.76. The standard InChI is InChI=1S/C16H17NO4/c1-20-16-12(13(18)9-17)7-8-14(15(16)19)21-10-11-5-3-2-4-6-11/h2-8,19H,9-10,17H2,1H3. The number of aromatic hydroxyl groups is 1. The Hall–Kier alpha value is -2.53. The minimum atomic E-state index is -0.309. The lowest BCUT2D eigenvalue weighted by Crippen LogP contribution is -2.14. The molecule has 0 aliphatic carbocycles. The molecule has 3 N–H and O–H groups in total. The van der Waals surface area contributed by atoms with Crippen molar-refractivity contribution in [2.24, 2.45) is 5.73 Å². The summed E-state index contributed by atoms with van der Waals surface area (Å²) in [6, 6.07) is 12.6. The number of phenolic OH excluding ortho intramolecular Hbond substituents is 1. The van der Waals surface area contributed by atoms with Gasteiger partial charge >= 0.3 is 0 Å². The van der Waals surface area contributed by atoms with Gasteiger partial charge in [-0.15, -0.1) is 0 Å². The third kappa shape index (κ3) is 3.32. The highest BCUT2D eigenvalue weighted by Crippen LogP contribution is 2.39. The summed E-state index contributed by atoms with van der Waals surface area (Å²) in [6.07, 6.45) is 0. The molecule has 110 valence electrons. The van der Waals surface area contributed by atoms with Gasteiger partial charge in [-0.3, -0.25) is 4.79 Å². The molecule has 0 aromatic heterocycles. The number of methoxy groups -OCH3 is 1. The first-order valence-corrected chi connectivity index (χ1v) is 6.47. The molecule has 0 aliphatic rings. The molecule has 2 aromatic carbocycles. The number of rotatable bonds is 6. The molecule has 0 heterocycles. The van der Waals surface area contributed by atoms with Crippen molar-refractivity contribution in [1.29, 1.82) is 0 Å². The van der Waals surface area contributed by atoms with Gasteiger partial charge in [0, 0.05) is 0 Å². The molecule has 2 rings (SSSR count). The Morgan fingerprint density at radius 2 is 1.90 bits per heavy atom. The predicted molar refractivity (Wildman–Crippen MR) is 78.8 cm³/mol. The van der Waals surface area contributed by atoms with Gasteiger partial charge in [0.15, 0.2) is 17.3 Å². The van der Waals surface area contributed by atoms with Crippen LogP contribution < -0.4 is 15.2 Å². The number of hydrogen-bond acceptors (Lipinski definition) is 5. The monoisotopic (exact) mass is 287 g/mol. The van der Waals surface area contributed by atoms with Crippen molar-refractivity contribution in [3.8, 4) is 17.2 Å². The van der Waals surface area contributed by atoms with E-state index in [9.17, 15) is 9.90 Å². The number of phenols is 1. The minimum Gasteiger partial charge on any atom is -0.502 e. The summed E-state index contributed by atoms with van der Waals surface area (Å²) in [5.41, 5.74) is 6.54. The van der Waals surface area contributed by atoms with E-state index in [1.54, 1.807) is 0 Å². The molecule has 0 saturated carbocycles. The van der Waals surface area contributed by atoms with Gasteiger partial charge in [-0.05, 0) is 17.7 Å². The highest BCUT2D eigenvalue weighted by molar-refractivity contribution is 6.01. The summed E-state index contributed by atoms with van der Waals surface area (Å²) in [5, 5.41) is 10.1. The maximum Gasteiger partial charge on any atom is 0.201 e. The summed E-state index contributed by atoms with van der Waals surface area (Å²) in [5.74, 6) is -0.176. The van der Waals surface area contributed by atoms with Crippen LogP contribution in [-0.2, 0) is 6.61 Å². The van der Waals surface area contributed by atoms with Crippen molar-refractivity contribution in [2.45, 2.75) is 6.61 Å². The van der Waals surface area contributed by atoms with E-state index in [2.05, 4.69) is 0 Å². The summed E-state index contributed by atoms with van der Waals surface area (Å²) in [4.78, 5) is 11.7. The predicted octanol–water partition coefficient (Wildman–Crippen LogP) is 2.12. The quantitative estimate of drug-likeness (QED) is 0.795. The highest BCUT2D eigenvalue weighted by Gasteiger charge is 2.18. The fraction of sp³-hybridized carbons (Fsp3) is 0.188. The number of hydrogen-bond donors (Lipinski definition) is 2. The maximum atomic E-state index is 11.7. The number of carbonyl (C=O) groups is 1. The normalized spacial score (nSPS) is 10.2. The Morgan fingerprint density at radius 1 is 1.19 bits per heavy atom. The number of ether oxygens (including phenoxy) is 2. The van der Waals surface area contributed by atoms with Crippen LogP contribution in [0.1, 0.15) is 15.9 Å². The van der Waals surface area contributed by atoms with Crippen LogP contribution >= 0.6 is 0 Å². The van der Waals surface area contributed by atoms with Crippen LogP contribution in [0, 0.1) is 0 Å². The fourth-order valence-corrected chi connectivity index (χ4v) is 1.94. The third-order valence-corrected chi connectivity index (χ3v) is 3.02. The zero-order valence-electron chi connectivity index (χ0n) is 11.7. The van der Waals surface area contributed by atoms with Gasteiger partial charge in [0.1, 0.15) is 6.61 Å². The first-order chi connectivity index (χ1) is 10.2. The van der Waals surface area contributed by atoms with E-state index in [0.29, 0.717) is 6.61 Å². The Labute approximate surface area is 122 Å². The lowest BCUT2D eigenvalue weighted by Gasteiger charge is -2.13. The topological polar surface area (TPSA) is 81.8 Å². The van der Waals surface area contributed by atoms with Crippen LogP contribution in [0.25, 0.3) is 0 Å². The van der Waals surface area contributed by atoms with Crippen molar-refractivity contribution in [2.75, 3.05) is 13.7 Å². The van der Waals surface area contributed by atoms with Crippen LogP contribution in [-0.4, -0.2) is 24.5 Å². The average Bonchev–Trinajstić information content (AvgIpc) is 2.53. The van der Waals surface area contributed by atoms with Crippen molar-refractivity contribution in [1.82, 2.24) is 0 Å². The van der Waals surface area contributed by atoms with Crippen LogP contribution in [0.3, 0.4) is 0 Å². The van der Waals surface area contributed by atoms with E-state index in [4.69, 9.17) is 15.2 Å². The summed E-state index contributed by atoms with van der Waals surface area (Å²) in [6.45, 7) is 0.155. The maximum absolute atomic E-state index is 11.7. The lowest BCUT2D eigenvalue weighted by molar-refractivity contribution is 0.0997. The number of Topliss-reactive ketones (excluding diaryl/α,β-unsaturated/α-hetero) is 1. The van der Waals surface area contributed by atoms with Crippen molar-refractivity contribution >= 4 is 5.78 Å². The third-order valence-electron chi connectivity index (χ3n) is 3.02. The van der Waals surface area contributed by atoms with Gasteiger partial charge < -0.3 is 20.3 Å². The van der Waals surface area contributed by atoms with Crippen LogP contribution in [0.15, 0.2) is 42.5 Å². The number of carbonyl (C=O) groups excluding carboxylic acids is 1. The second-order valence-electron chi connectivity index (χ2n) is 4.39. The average molecular weight is 287 g/mol. The Kier molecular flexibility index (Phi) is 4.79. The molecule has 0 radical (unpaired) electrons. The highest BCUT2D eigenvalue weighted by atomic mass is 16.5. The van der Waals surface area contributed by atoms with E-state index in [1.165, 1.54) is 19.2 Å². The van der Waals surface area contributed by atoms with Gasteiger partial charge in [-0.1, -0.05) is 30.3 Å². The van der Waals surface area contributed by atoms with Gasteiger partial charge in [0.25, 0.3) is 0 Å². The van der Waals surface area contributed by atoms with E-state index in [0.717, 1.165) is 5.56 Å². The van der Waals surface area contributed by atoms with E-state index < -0.39 is 0 Å². The Morgan fingerprint density at radius 3 is 2.52 bits per heavy atom. The zero-order valence-corrected chi connectivity index (χ0v) is 11.7. The second-order valence-corrected chi connectivity index (χ2v) is 4.39. The molecule has 0 spiro atoms. The van der Waals surface area contributed by atoms with E-state index in [1.807, 2.05) is 30.3 Å². The number of nitrogens with two attached hydrogens (primary N) is 1. The van der Waals surface area contributed by atoms with E-state index >= 15 is 0 Å². The Bertz CT molecular complexity index is 626. The summed E-state index contributed by atoms with van der Waals surface area (Å²) >= 11 is 0. The van der Waals surface area contributed by atoms with Gasteiger partial charge in [-0.25, -0.2) is 0 Å². The largest absolute Gasteiger partial charge is 0.502 e. The molecule has 0 bridgehead atoms. The molecule has 0 fully saturated rings. The molecule has 21 heavy (non-hydrogen) atoms. The van der Waals surface area contributed by atoms with Crippen LogP contribution in [0.4, 0.5) is 0 Å². The van der Waals surface area contributed by atoms with Crippen molar-refractivity contribution < 1.29 is 19.4 Å². The van der Waals surface area contributed by atoms with Crippen LogP contribution in [0.5, 0.6) is 17.2 Å². The first-order valence-electron chi connectivity index (χ1n) is 6.47. The first kappa shape index (κ1) is 14.9. The Balaban J connectivity index is 2.23. The van der Waals surface area contributed by atoms with E-state index in [-0.39, 0.29) is 35.1 Å². The van der Waals surface area contributed by atoms with Gasteiger partial charge in [-0.2, -0.15) is 0 Å². The fourth-order valence-electron chi connectivity index (χ4n) is 1.94. The number of ketones is 1. The molecule has 0 saturated heterocycles. The molecular weight excluding hydrogens is 270 g/mol. The van der Waals surface area contributed by atoms with Gasteiger partial charge in [0.2, 0.25) is 5.75 Å². The van der Waals surface area contributed by atoms with Crippen molar-refractivity contribution in [3.63, 3.8) is 0 Å².